The van der Waals surface area contributed by atoms with E-state index in [9.17, 15) is 13.2 Å². The minimum Gasteiger partial charge on any atom is -0.494 e. The fourth-order valence-corrected chi connectivity index (χ4v) is 2.22. The van der Waals surface area contributed by atoms with Crippen LogP contribution < -0.4 is 10.5 Å². The van der Waals surface area contributed by atoms with Crippen molar-refractivity contribution in [3.63, 3.8) is 0 Å². The summed E-state index contributed by atoms with van der Waals surface area (Å²) in [5.74, 6) is 0.851. The molecule has 2 nitrogen and oxygen atoms in total. The second kappa shape index (κ2) is 10.5. The van der Waals surface area contributed by atoms with E-state index >= 15 is 0 Å². The highest BCUT2D eigenvalue weighted by molar-refractivity contribution is 5.26. The van der Waals surface area contributed by atoms with E-state index in [1.54, 1.807) is 0 Å². The van der Waals surface area contributed by atoms with E-state index in [0.717, 1.165) is 43.4 Å². The number of alkyl halides is 3. The molecule has 0 unspecified atom stereocenters. The number of rotatable bonds is 11. The first kappa shape index (κ1) is 18.8. The van der Waals surface area contributed by atoms with Crippen LogP contribution >= 0.6 is 0 Å². The summed E-state index contributed by atoms with van der Waals surface area (Å²) in [7, 11) is 0. The maximum Gasteiger partial charge on any atom is 0.389 e. The lowest BCUT2D eigenvalue weighted by Crippen LogP contribution is -2.06. The van der Waals surface area contributed by atoms with Crippen LogP contribution in [0.3, 0.4) is 0 Å². The van der Waals surface area contributed by atoms with Crippen molar-refractivity contribution in [1.82, 2.24) is 0 Å². The number of unbranched alkanes of at least 4 members (excludes halogenated alkanes) is 6. The maximum absolute atomic E-state index is 11.9. The first-order valence-electron chi connectivity index (χ1n) is 8.00. The molecule has 0 aliphatic heterocycles. The van der Waals surface area contributed by atoms with Gasteiger partial charge in [-0.25, -0.2) is 0 Å². The third kappa shape index (κ3) is 9.66. The summed E-state index contributed by atoms with van der Waals surface area (Å²) >= 11 is 0. The number of benzene rings is 1. The maximum atomic E-state index is 11.9. The number of halogens is 3. The summed E-state index contributed by atoms with van der Waals surface area (Å²) in [6.07, 6.45) is 1.25. The molecule has 0 spiro atoms. The fraction of sp³-hybridized carbons (Fsp3) is 0.647. The average Bonchev–Trinajstić information content (AvgIpc) is 2.48. The molecule has 0 bridgehead atoms. The Balaban J connectivity index is 1.91. The van der Waals surface area contributed by atoms with Crippen molar-refractivity contribution in [3.05, 3.63) is 29.8 Å². The van der Waals surface area contributed by atoms with Gasteiger partial charge in [-0.15, -0.1) is 0 Å². The topological polar surface area (TPSA) is 35.2 Å². The zero-order valence-corrected chi connectivity index (χ0v) is 13.0. The lowest BCUT2D eigenvalue weighted by atomic mass is 10.1. The molecule has 0 atom stereocenters. The molecule has 0 fully saturated rings. The minimum atomic E-state index is -4.00. The van der Waals surface area contributed by atoms with Gasteiger partial charge < -0.3 is 10.5 Å². The van der Waals surface area contributed by atoms with Crippen molar-refractivity contribution < 1.29 is 17.9 Å². The Morgan fingerprint density at radius 2 is 1.36 bits per heavy atom. The molecule has 0 amide bonds. The Labute approximate surface area is 130 Å². The van der Waals surface area contributed by atoms with Crippen LogP contribution in [0.2, 0.25) is 0 Å². The van der Waals surface area contributed by atoms with Crippen molar-refractivity contribution in [3.8, 4) is 5.75 Å². The third-order valence-electron chi connectivity index (χ3n) is 3.53. The van der Waals surface area contributed by atoms with Crippen LogP contribution in [0.15, 0.2) is 24.3 Å². The minimum absolute atomic E-state index is 0.255. The summed E-state index contributed by atoms with van der Waals surface area (Å²) in [6.45, 7) is 1.21. The quantitative estimate of drug-likeness (QED) is 0.569. The van der Waals surface area contributed by atoms with Gasteiger partial charge >= 0.3 is 6.18 Å². The Morgan fingerprint density at radius 3 is 1.91 bits per heavy atom. The van der Waals surface area contributed by atoms with Crippen LogP contribution in [0.4, 0.5) is 13.2 Å². The molecule has 0 aliphatic carbocycles. The van der Waals surface area contributed by atoms with Gasteiger partial charge in [0.1, 0.15) is 5.75 Å². The van der Waals surface area contributed by atoms with E-state index in [4.69, 9.17) is 10.5 Å². The smallest absolute Gasteiger partial charge is 0.389 e. The van der Waals surface area contributed by atoms with Gasteiger partial charge in [-0.1, -0.05) is 44.2 Å². The largest absolute Gasteiger partial charge is 0.494 e. The van der Waals surface area contributed by atoms with Gasteiger partial charge in [-0.3, -0.25) is 0 Å². The molecule has 0 saturated heterocycles. The number of hydrogen-bond acceptors (Lipinski definition) is 2. The molecule has 1 aromatic carbocycles. The van der Waals surface area contributed by atoms with Crippen molar-refractivity contribution in [2.24, 2.45) is 5.73 Å². The van der Waals surface area contributed by atoms with Crippen molar-refractivity contribution in [2.75, 3.05) is 6.61 Å². The predicted molar refractivity (Wildman–Crippen MR) is 82.8 cm³/mol. The standard InChI is InChI=1S/C17H26F3NO/c18-17(19,20)12-6-4-2-1-3-5-7-13-22-16-10-8-15(14-21)9-11-16/h8-11H,1-7,12-14,21H2. The first-order valence-corrected chi connectivity index (χ1v) is 8.00. The van der Waals surface area contributed by atoms with Crippen molar-refractivity contribution >= 4 is 0 Å². The second-order valence-corrected chi connectivity index (χ2v) is 5.54. The predicted octanol–water partition coefficient (Wildman–Crippen LogP) is 5.21. The molecule has 0 aromatic heterocycles. The summed E-state index contributed by atoms with van der Waals surface area (Å²) in [5.41, 5.74) is 6.60. The van der Waals surface area contributed by atoms with Crippen LogP contribution in [-0.2, 0) is 6.54 Å². The highest BCUT2D eigenvalue weighted by Crippen LogP contribution is 2.23. The molecule has 2 N–H and O–H groups in total. The van der Waals surface area contributed by atoms with Crippen LogP contribution in [0, 0.1) is 0 Å². The monoisotopic (exact) mass is 317 g/mol. The molecule has 5 heteroatoms. The van der Waals surface area contributed by atoms with E-state index in [-0.39, 0.29) is 6.42 Å². The molecular weight excluding hydrogens is 291 g/mol. The molecule has 1 rings (SSSR count). The summed E-state index contributed by atoms with van der Waals surface area (Å²) < 4.78 is 41.4. The molecule has 126 valence electrons. The molecule has 0 aliphatic rings. The van der Waals surface area contributed by atoms with Gasteiger partial charge in [0.25, 0.3) is 0 Å². The SMILES string of the molecule is NCc1ccc(OCCCCCCCCCC(F)(F)F)cc1. The Morgan fingerprint density at radius 1 is 0.818 bits per heavy atom. The van der Waals surface area contributed by atoms with E-state index < -0.39 is 12.6 Å². The Hall–Kier alpha value is -1.23. The highest BCUT2D eigenvalue weighted by atomic mass is 19.4. The van der Waals surface area contributed by atoms with Gasteiger partial charge in [-0.2, -0.15) is 13.2 Å². The third-order valence-corrected chi connectivity index (χ3v) is 3.53. The molecule has 1 aromatic rings. The van der Waals surface area contributed by atoms with Gasteiger partial charge in [0.2, 0.25) is 0 Å². The van der Waals surface area contributed by atoms with E-state index in [1.807, 2.05) is 24.3 Å². The van der Waals surface area contributed by atoms with Gasteiger partial charge in [-0.05, 0) is 30.5 Å². The van der Waals surface area contributed by atoms with Crippen molar-refractivity contribution in [1.29, 1.82) is 0 Å². The van der Waals surface area contributed by atoms with Gasteiger partial charge in [0.15, 0.2) is 0 Å². The number of ether oxygens (including phenoxy) is 1. The average molecular weight is 317 g/mol. The van der Waals surface area contributed by atoms with Gasteiger partial charge in [0, 0.05) is 13.0 Å². The fourth-order valence-electron chi connectivity index (χ4n) is 2.22. The number of hydrogen-bond donors (Lipinski definition) is 1. The lowest BCUT2D eigenvalue weighted by molar-refractivity contribution is -0.135. The van der Waals surface area contributed by atoms with E-state index in [0.29, 0.717) is 19.6 Å². The van der Waals surface area contributed by atoms with Gasteiger partial charge in [0.05, 0.1) is 6.61 Å². The summed E-state index contributed by atoms with van der Waals surface area (Å²) in [5, 5.41) is 0. The van der Waals surface area contributed by atoms with E-state index in [1.165, 1.54) is 0 Å². The first-order chi connectivity index (χ1) is 10.5. The second-order valence-electron chi connectivity index (χ2n) is 5.54. The molecule has 0 radical (unpaired) electrons. The summed E-state index contributed by atoms with van der Waals surface area (Å²) in [4.78, 5) is 0. The highest BCUT2D eigenvalue weighted by Gasteiger charge is 2.25. The lowest BCUT2D eigenvalue weighted by Gasteiger charge is -2.07. The normalized spacial score (nSPS) is 11.6. The zero-order valence-electron chi connectivity index (χ0n) is 13.0. The van der Waals surface area contributed by atoms with Crippen LogP contribution in [0.1, 0.15) is 56.9 Å². The van der Waals surface area contributed by atoms with Crippen LogP contribution in [0.25, 0.3) is 0 Å². The summed E-state index contributed by atoms with van der Waals surface area (Å²) in [6, 6.07) is 7.75. The molecule has 0 heterocycles. The molecule has 0 saturated carbocycles. The Bertz CT molecular complexity index is 390. The zero-order chi connectivity index (χ0) is 16.3. The van der Waals surface area contributed by atoms with Crippen molar-refractivity contribution in [2.45, 2.75) is 64.1 Å². The van der Waals surface area contributed by atoms with Crippen LogP contribution in [-0.4, -0.2) is 12.8 Å². The Kier molecular flexibility index (Phi) is 8.97. The number of nitrogens with two attached hydrogens (primary N) is 1. The van der Waals surface area contributed by atoms with Crippen LogP contribution in [0.5, 0.6) is 5.75 Å². The molecular formula is C17H26F3NO. The molecule has 22 heavy (non-hydrogen) atoms. The van der Waals surface area contributed by atoms with E-state index in [2.05, 4.69) is 0 Å².